The van der Waals surface area contributed by atoms with Gasteiger partial charge in [-0.1, -0.05) is 19.8 Å². The molecule has 1 fully saturated rings. The summed E-state index contributed by atoms with van der Waals surface area (Å²) >= 11 is 0. The first-order chi connectivity index (χ1) is 8.97. The standard InChI is InChI=1S/C13H22N4O2/c1-3-9-10(14)11(17(2)16-9)12(18)15-8-13(19)6-4-5-7-13/h19H,3-8,14H2,1-2H3,(H,15,18). The first-order valence-corrected chi connectivity index (χ1v) is 6.79. The average Bonchev–Trinajstić information content (AvgIpc) is 2.92. The van der Waals surface area contributed by atoms with E-state index in [-0.39, 0.29) is 12.5 Å². The van der Waals surface area contributed by atoms with Gasteiger partial charge in [-0.3, -0.25) is 9.48 Å². The molecule has 1 amide bonds. The number of aliphatic hydroxyl groups is 1. The van der Waals surface area contributed by atoms with Crippen molar-refractivity contribution in [2.24, 2.45) is 7.05 Å². The maximum atomic E-state index is 12.2. The molecule has 4 N–H and O–H groups in total. The highest BCUT2D eigenvalue weighted by molar-refractivity contribution is 5.98. The van der Waals surface area contributed by atoms with E-state index >= 15 is 0 Å². The molecule has 0 atom stereocenters. The Kier molecular flexibility index (Phi) is 3.80. The van der Waals surface area contributed by atoms with Gasteiger partial charge in [0.1, 0.15) is 5.69 Å². The molecular formula is C13H22N4O2. The molecule has 106 valence electrons. The molecule has 19 heavy (non-hydrogen) atoms. The number of carbonyl (C=O) groups is 1. The number of nitrogens with zero attached hydrogens (tertiary/aromatic N) is 2. The number of nitrogens with one attached hydrogen (secondary N) is 1. The highest BCUT2D eigenvalue weighted by Crippen LogP contribution is 2.28. The van der Waals surface area contributed by atoms with Crippen molar-refractivity contribution < 1.29 is 9.90 Å². The average molecular weight is 266 g/mol. The number of carbonyl (C=O) groups excluding carboxylic acids is 1. The molecule has 1 aromatic rings. The number of anilines is 1. The van der Waals surface area contributed by atoms with Crippen molar-refractivity contribution in [3.63, 3.8) is 0 Å². The van der Waals surface area contributed by atoms with Crippen molar-refractivity contribution in [1.82, 2.24) is 15.1 Å². The first-order valence-electron chi connectivity index (χ1n) is 6.79. The minimum atomic E-state index is -0.753. The van der Waals surface area contributed by atoms with E-state index < -0.39 is 5.60 Å². The quantitative estimate of drug-likeness (QED) is 0.744. The van der Waals surface area contributed by atoms with Crippen LogP contribution in [0.1, 0.15) is 48.8 Å². The molecule has 6 nitrogen and oxygen atoms in total. The molecule has 0 aromatic carbocycles. The van der Waals surface area contributed by atoms with Crippen molar-refractivity contribution in [1.29, 1.82) is 0 Å². The molecule has 0 unspecified atom stereocenters. The third-order valence-electron chi connectivity index (χ3n) is 3.82. The lowest BCUT2D eigenvalue weighted by molar-refractivity contribution is 0.0448. The number of nitrogen functional groups attached to an aromatic ring is 1. The van der Waals surface area contributed by atoms with Gasteiger partial charge in [-0.25, -0.2) is 0 Å². The van der Waals surface area contributed by atoms with Crippen LogP contribution < -0.4 is 11.1 Å². The Labute approximate surface area is 113 Å². The molecule has 1 aliphatic carbocycles. The second-order valence-corrected chi connectivity index (χ2v) is 5.30. The van der Waals surface area contributed by atoms with E-state index in [0.717, 1.165) is 31.4 Å². The second-order valence-electron chi connectivity index (χ2n) is 5.30. The number of rotatable bonds is 4. The molecule has 1 heterocycles. The van der Waals surface area contributed by atoms with Gasteiger partial charge in [0.05, 0.1) is 17.0 Å². The van der Waals surface area contributed by atoms with Crippen LogP contribution in [-0.4, -0.2) is 32.9 Å². The van der Waals surface area contributed by atoms with Crippen LogP contribution in [0, 0.1) is 0 Å². The maximum absolute atomic E-state index is 12.2. The smallest absolute Gasteiger partial charge is 0.271 e. The number of amides is 1. The van der Waals surface area contributed by atoms with Crippen molar-refractivity contribution in [2.75, 3.05) is 12.3 Å². The van der Waals surface area contributed by atoms with E-state index in [1.165, 1.54) is 4.68 Å². The Morgan fingerprint density at radius 3 is 2.68 bits per heavy atom. The van der Waals surface area contributed by atoms with Crippen LogP contribution in [0.25, 0.3) is 0 Å². The van der Waals surface area contributed by atoms with Gasteiger partial charge in [0.25, 0.3) is 5.91 Å². The van der Waals surface area contributed by atoms with Crippen LogP contribution in [-0.2, 0) is 13.5 Å². The zero-order valence-corrected chi connectivity index (χ0v) is 11.6. The molecule has 0 aliphatic heterocycles. The number of aromatic nitrogens is 2. The van der Waals surface area contributed by atoms with Gasteiger partial charge in [-0.05, 0) is 19.3 Å². The molecule has 6 heteroatoms. The van der Waals surface area contributed by atoms with E-state index in [4.69, 9.17) is 5.73 Å². The molecule has 0 radical (unpaired) electrons. The molecule has 1 aromatic heterocycles. The largest absolute Gasteiger partial charge is 0.395 e. The highest BCUT2D eigenvalue weighted by Gasteiger charge is 2.32. The summed E-state index contributed by atoms with van der Waals surface area (Å²) in [5, 5.41) is 17.2. The summed E-state index contributed by atoms with van der Waals surface area (Å²) in [5.41, 5.74) is 6.71. The first kappa shape index (κ1) is 13.9. The van der Waals surface area contributed by atoms with Gasteiger partial charge >= 0.3 is 0 Å². The fourth-order valence-corrected chi connectivity index (χ4v) is 2.66. The van der Waals surface area contributed by atoms with E-state index in [2.05, 4.69) is 10.4 Å². The minimum Gasteiger partial charge on any atom is -0.395 e. The summed E-state index contributed by atoms with van der Waals surface area (Å²) in [6.07, 6.45) is 4.21. The van der Waals surface area contributed by atoms with E-state index in [1.54, 1.807) is 7.05 Å². The number of nitrogens with two attached hydrogens (primary N) is 1. The maximum Gasteiger partial charge on any atom is 0.271 e. The Morgan fingerprint density at radius 1 is 1.53 bits per heavy atom. The predicted molar refractivity (Wildman–Crippen MR) is 72.7 cm³/mol. The van der Waals surface area contributed by atoms with Crippen LogP contribution in [0.15, 0.2) is 0 Å². The molecule has 1 saturated carbocycles. The Hall–Kier alpha value is -1.56. The number of aryl methyl sites for hydroxylation is 2. The topological polar surface area (TPSA) is 93.2 Å². The zero-order valence-electron chi connectivity index (χ0n) is 11.6. The van der Waals surface area contributed by atoms with Crippen molar-refractivity contribution in [3.05, 3.63) is 11.4 Å². The fourth-order valence-electron chi connectivity index (χ4n) is 2.66. The van der Waals surface area contributed by atoms with Gasteiger partial charge in [0.15, 0.2) is 0 Å². The number of hydrogen-bond donors (Lipinski definition) is 3. The van der Waals surface area contributed by atoms with Crippen LogP contribution in [0.4, 0.5) is 5.69 Å². The summed E-state index contributed by atoms with van der Waals surface area (Å²) in [5.74, 6) is -0.271. The van der Waals surface area contributed by atoms with E-state index in [0.29, 0.717) is 17.8 Å². The van der Waals surface area contributed by atoms with Crippen LogP contribution in [0.3, 0.4) is 0 Å². The van der Waals surface area contributed by atoms with Gasteiger partial charge in [0.2, 0.25) is 0 Å². The fraction of sp³-hybridized carbons (Fsp3) is 0.692. The van der Waals surface area contributed by atoms with Crippen LogP contribution in [0.2, 0.25) is 0 Å². The predicted octanol–water partition coefficient (Wildman–Crippen LogP) is 0.600. The van der Waals surface area contributed by atoms with E-state index in [1.807, 2.05) is 6.92 Å². The SMILES string of the molecule is CCc1nn(C)c(C(=O)NCC2(O)CCCC2)c1N. The highest BCUT2D eigenvalue weighted by atomic mass is 16.3. The van der Waals surface area contributed by atoms with Gasteiger partial charge in [-0.15, -0.1) is 0 Å². The Bertz CT molecular complexity index is 475. The summed E-state index contributed by atoms with van der Waals surface area (Å²) in [7, 11) is 1.70. The van der Waals surface area contributed by atoms with Gasteiger partial charge in [-0.2, -0.15) is 5.10 Å². The number of hydrogen-bond acceptors (Lipinski definition) is 4. The third-order valence-corrected chi connectivity index (χ3v) is 3.82. The molecule has 1 aliphatic rings. The summed E-state index contributed by atoms with van der Waals surface area (Å²) in [6, 6.07) is 0. The van der Waals surface area contributed by atoms with Crippen LogP contribution in [0.5, 0.6) is 0 Å². The summed E-state index contributed by atoms with van der Waals surface area (Å²) in [6.45, 7) is 2.22. The molecule has 0 bridgehead atoms. The van der Waals surface area contributed by atoms with Gasteiger partial charge in [0, 0.05) is 13.6 Å². The molecule has 0 spiro atoms. The van der Waals surface area contributed by atoms with Crippen molar-refractivity contribution >= 4 is 11.6 Å². The lowest BCUT2D eigenvalue weighted by Crippen LogP contribution is -2.41. The van der Waals surface area contributed by atoms with Crippen molar-refractivity contribution in [3.8, 4) is 0 Å². The molecule has 2 rings (SSSR count). The monoisotopic (exact) mass is 266 g/mol. The minimum absolute atomic E-state index is 0.271. The lowest BCUT2D eigenvalue weighted by Gasteiger charge is -2.22. The third kappa shape index (κ3) is 2.73. The summed E-state index contributed by atoms with van der Waals surface area (Å²) < 4.78 is 1.50. The lowest BCUT2D eigenvalue weighted by atomic mass is 10.0. The zero-order chi connectivity index (χ0) is 14.0. The Morgan fingerprint density at radius 2 is 2.16 bits per heavy atom. The molecule has 0 saturated heterocycles. The summed E-state index contributed by atoms with van der Waals surface area (Å²) in [4.78, 5) is 12.2. The second kappa shape index (κ2) is 5.21. The van der Waals surface area contributed by atoms with Crippen LogP contribution >= 0.6 is 0 Å². The van der Waals surface area contributed by atoms with Crippen molar-refractivity contribution in [2.45, 2.75) is 44.6 Å². The Balaban J connectivity index is 2.06. The molecular weight excluding hydrogens is 244 g/mol. The van der Waals surface area contributed by atoms with E-state index in [9.17, 15) is 9.90 Å². The van der Waals surface area contributed by atoms with Gasteiger partial charge < -0.3 is 16.2 Å². The normalized spacial score (nSPS) is 17.6.